The van der Waals surface area contributed by atoms with Gasteiger partial charge in [0.25, 0.3) is 5.56 Å². The highest BCUT2D eigenvalue weighted by Gasteiger charge is 2.56. The molecule has 33 heavy (non-hydrogen) atoms. The van der Waals surface area contributed by atoms with Crippen molar-refractivity contribution in [2.75, 3.05) is 13.7 Å². The smallest absolute Gasteiger partial charge is 0.311 e. The minimum atomic E-state index is -0.610. The highest BCUT2D eigenvalue weighted by Crippen LogP contribution is 2.49. The molecule has 2 aliphatic rings. The molecule has 170 valence electrons. The normalized spacial score (nSPS) is 23.8. The third-order valence-corrected chi connectivity index (χ3v) is 7.02. The molecule has 3 heterocycles. The van der Waals surface area contributed by atoms with Gasteiger partial charge in [-0.05, 0) is 23.8 Å². The Kier molecular flexibility index (Phi) is 5.60. The molecule has 0 saturated carbocycles. The zero-order chi connectivity index (χ0) is 23.1. The van der Waals surface area contributed by atoms with Crippen molar-refractivity contribution in [3.8, 4) is 11.1 Å². The number of hydrogen-bond donors (Lipinski definition) is 1. The molecule has 2 bridgehead atoms. The number of fused-ring (bicyclic) bond motifs is 4. The highest BCUT2D eigenvalue weighted by atomic mass is 19.1. The third-order valence-electron chi connectivity index (χ3n) is 7.02. The van der Waals surface area contributed by atoms with Crippen LogP contribution < -0.4 is 5.56 Å². The third kappa shape index (κ3) is 3.48. The van der Waals surface area contributed by atoms with Gasteiger partial charge in [0.1, 0.15) is 5.82 Å². The molecule has 7 heteroatoms. The van der Waals surface area contributed by atoms with Crippen LogP contribution in [0.1, 0.15) is 17.3 Å². The summed E-state index contributed by atoms with van der Waals surface area (Å²) in [4.78, 5) is 28.5. The van der Waals surface area contributed by atoms with Crippen LogP contribution in [0.15, 0.2) is 71.5 Å². The lowest BCUT2D eigenvalue weighted by Gasteiger charge is -2.38. The molecule has 5 rings (SSSR count). The van der Waals surface area contributed by atoms with Crippen LogP contribution in [0.3, 0.4) is 0 Å². The van der Waals surface area contributed by atoms with Crippen molar-refractivity contribution in [3.63, 3.8) is 0 Å². The molecule has 4 atom stereocenters. The van der Waals surface area contributed by atoms with Gasteiger partial charge in [-0.2, -0.15) is 0 Å². The molecule has 1 fully saturated rings. The molecule has 1 N–H and O–H groups in total. The summed E-state index contributed by atoms with van der Waals surface area (Å²) in [6.45, 7) is 0.678. The number of rotatable bonds is 5. The molecule has 3 aromatic rings. The number of halogens is 1. The number of esters is 1. The second-order valence-corrected chi connectivity index (χ2v) is 8.63. The largest absolute Gasteiger partial charge is 0.469 e. The maximum absolute atomic E-state index is 14.4. The van der Waals surface area contributed by atoms with Gasteiger partial charge in [0, 0.05) is 42.9 Å². The molecule has 0 amide bonds. The number of aliphatic hydroxyl groups is 1. The fraction of sp³-hybridized carbons (Fsp3) is 0.308. The van der Waals surface area contributed by atoms with E-state index in [1.165, 1.54) is 13.2 Å². The van der Waals surface area contributed by atoms with E-state index in [9.17, 15) is 19.1 Å². The maximum atomic E-state index is 14.4. The van der Waals surface area contributed by atoms with Gasteiger partial charge in [0.05, 0.1) is 24.6 Å². The molecular weight excluding hydrogens is 423 g/mol. The van der Waals surface area contributed by atoms with Crippen molar-refractivity contribution in [1.82, 2.24) is 9.47 Å². The molecule has 2 aromatic carbocycles. The first-order valence-electron chi connectivity index (χ1n) is 11.0. The van der Waals surface area contributed by atoms with Crippen LogP contribution >= 0.6 is 0 Å². The number of ether oxygens (including phenoxy) is 1. The van der Waals surface area contributed by atoms with Crippen molar-refractivity contribution < 1.29 is 19.0 Å². The van der Waals surface area contributed by atoms with E-state index in [1.54, 1.807) is 34.9 Å². The van der Waals surface area contributed by atoms with Crippen molar-refractivity contribution in [3.05, 3.63) is 94.2 Å². The Morgan fingerprint density at radius 1 is 1.06 bits per heavy atom. The van der Waals surface area contributed by atoms with Gasteiger partial charge in [-0.3, -0.25) is 14.5 Å². The minimum Gasteiger partial charge on any atom is -0.469 e. The lowest BCUT2D eigenvalue weighted by molar-refractivity contribution is -0.148. The van der Waals surface area contributed by atoms with E-state index in [1.807, 2.05) is 30.3 Å². The van der Waals surface area contributed by atoms with Crippen molar-refractivity contribution in [1.29, 1.82) is 0 Å². The quantitative estimate of drug-likeness (QED) is 0.608. The summed E-state index contributed by atoms with van der Waals surface area (Å²) in [7, 11) is 1.34. The SMILES string of the molecule is COC(=O)[C@@H]1[C@@H](CO)[C@@H]2Cn3c(ccc(-c4ccccc4F)c3=O)[C@H]1N2Cc1ccccc1. The molecule has 6 nitrogen and oxygen atoms in total. The number of methoxy groups -OCH3 is 1. The molecule has 1 aromatic heterocycles. The van der Waals surface area contributed by atoms with Crippen LogP contribution in [0.2, 0.25) is 0 Å². The number of hydrogen-bond acceptors (Lipinski definition) is 5. The second-order valence-electron chi connectivity index (χ2n) is 8.63. The highest BCUT2D eigenvalue weighted by molar-refractivity contribution is 5.75. The van der Waals surface area contributed by atoms with E-state index in [0.29, 0.717) is 18.8 Å². The van der Waals surface area contributed by atoms with E-state index in [-0.39, 0.29) is 35.3 Å². The van der Waals surface area contributed by atoms with Crippen LogP contribution in [0.4, 0.5) is 4.39 Å². The fourth-order valence-electron chi connectivity index (χ4n) is 5.52. The van der Waals surface area contributed by atoms with E-state index < -0.39 is 23.7 Å². The van der Waals surface area contributed by atoms with Gasteiger partial charge in [-0.25, -0.2) is 4.39 Å². The monoisotopic (exact) mass is 448 g/mol. The summed E-state index contributed by atoms with van der Waals surface area (Å²) < 4.78 is 21.2. The van der Waals surface area contributed by atoms with E-state index in [4.69, 9.17) is 4.74 Å². The summed E-state index contributed by atoms with van der Waals surface area (Å²) in [5.74, 6) is -1.86. The molecular formula is C26H25FN2O4. The first-order valence-corrected chi connectivity index (χ1v) is 11.0. The van der Waals surface area contributed by atoms with E-state index >= 15 is 0 Å². The Balaban J connectivity index is 1.65. The molecule has 0 spiro atoms. The van der Waals surface area contributed by atoms with Crippen molar-refractivity contribution in [2.24, 2.45) is 11.8 Å². The number of benzene rings is 2. The Labute approximate surface area is 190 Å². The number of pyridine rings is 1. The summed E-state index contributed by atoms with van der Waals surface area (Å²) in [6.07, 6.45) is 0. The van der Waals surface area contributed by atoms with Crippen LogP contribution in [0.25, 0.3) is 11.1 Å². The molecule has 1 saturated heterocycles. The van der Waals surface area contributed by atoms with Gasteiger partial charge in [0.2, 0.25) is 0 Å². The van der Waals surface area contributed by atoms with Crippen LogP contribution in [-0.4, -0.2) is 40.3 Å². The summed E-state index contributed by atoms with van der Waals surface area (Å²) >= 11 is 0. The molecule has 0 radical (unpaired) electrons. The lowest BCUT2D eigenvalue weighted by atomic mass is 9.87. The summed E-state index contributed by atoms with van der Waals surface area (Å²) in [5, 5.41) is 10.3. The number of aliphatic hydroxyl groups excluding tert-OH is 1. The second kappa shape index (κ2) is 8.57. The van der Waals surface area contributed by atoms with Crippen molar-refractivity contribution >= 4 is 5.97 Å². The van der Waals surface area contributed by atoms with Crippen LogP contribution in [0.5, 0.6) is 0 Å². The Bertz CT molecular complexity index is 1240. The summed E-state index contributed by atoms with van der Waals surface area (Å²) in [6, 6.07) is 18.9. The first-order chi connectivity index (χ1) is 16.0. The average molecular weight is 448 g/mol. The fourth-order valence-corrected chi connectivity index (χ4v) is 5.52. The van der Waals surface area contributed by atoms with E-state index in [0.717, 1.165) is 5.56 Å². The number of carbonyl (C=O) groups is 1. The maximum Gasteiger partial charge on any atom is 0.311 e. The zero-order valence-corrected chi connectivity index (χ0v) is 18.2. The predicted octanol–water partition coefficient (Wildman–Crippen LogP) is 2.99. The topological polar surface area (TPSA) is 71.8 Å². The van der Waals surface area contributed by atoms with Crippen LogP contribution in [-0.2, 0) is 22.6 Å². The lowest BCUT2D eigenvalue weighted by Crippen LogP contribution is -2.46. The molecule has 0 unspecified atom stereocenters. The van der Waals surface area contributed by atoms with Crippen LogP contribution in [0, 0.1) is 17.7 Å². The first kappa shape index (κ1) is 21.6. The average Bonchev–Trinajstić information content (AvgIpc) is 3.04. The van der Waals surface area contributed by atoms with Gasteiger partial charge >= 0.3 is 5.97 Å². The van der Waals surface area contributed by atoms with Gasteiger partial charge < -0.3 is 14.4 Å². The number of nitrogens with zero attached hydrogens (tertiary/aromatic N) is 2. The van der Waals surface area contributed by atoms with Crippen molar-refractivity contribution in [2.45, 2.75) is 25.2 Å². The standard InChI is InChI=1S/C26H25FN2O4/c1-33-26(32)23-19(15-30)22-14-29-21(24(23)28(22)13-16-7-3-2-4-8-16)12-11-18(25(29)31)17-9-5-6-10-20(17)27/h2-12,19,22-24,30H,13-15H2,1H3/t19-,22-,23+,24+/m0/s1. The Morgan fingerprint density at radius 2 is 1.79 bits per heavy atom. The Hall–Kier alpha value is -3.29. The number of carbonyl (C=O) groups excluding carboxylic acids is 1. The van der Waals surface area contributed by atoms with E-state index in [2.05, 4.69) is 4.90 Å². The minimum absolute atomic E-state index is 0.199. The molecule has 2 aliphatic heterocycles. The van der Waals surface area contributed by atoms with Gasteiger partial charge in [-0.1, -0.05) is 48.5 Å². The zero-order valence-electron chi connectivity index (χ0n) is 18.2. The Morgan fingerprint density at radius 3 is 2.48 bits per heavy atom. The molecule has 0 aliphatic carbocycles. The number of aromatic nitrogens is 1. The van der Waals surface area contributed by atoms with Gasteiger partial charge in [0.15, 0.2) is 0 Å². The predicted molar refractivity (Wildman–Crippen MR) is 121 cm³/mol. The van der Waals surface area contributed by atoms with Gasteiger partial charge in [-0.15, -0.1) is 0 Å². The summed E-state index contributed by atoms with van der Waals surface area (Å²) in [5.41, 5.74) is 1.99.